The van der Waals surface area contributed by atoms with Crippen molar-refractivity contribution in [1.29, 1.82) is 0 Å². The van der Waals surface area contributed by atoms with E-state index in [9.17, 15) is 8.42 Å². The van der Waals surface area contributed by atoms with Crippen molar-refractivity contribution in [2.24, 2.45) is 0 Å². The lowest BCUT2D eigenvalue weighted by Gasteiger charge is -2.10. The average molecular weight is 403 g/mol. The quantitative estimate of drug-likeness (QED) is 0.640. The van der Waals surface area contributed by atoms with Crippen LogP contribution in [0.4, 0.5) is 0 Å². The number of nitrogens with zero attached hydrogens (tertiary/aromatic N) is 1. The van der Waals surface area contributed by atoms with Crippen LogP contribution in [0.2, 0.25) is 0 Å². The van der Waals surface area contributed by atoms with Crippen molar-refractivity contribution in [2.45, 2.75) is 32.2 Å². The standard InChI is InChI=1S/C20H22N2O3S2/c1-4-25-18-11-10-17(12-14(18)2)27(23,24)21-13-19-15(3)22-20(26-19)16-8-6-5-7-9-16/h5-12,21H,4,13H2,1-3H3. The number of aryl methyl sites for hydroxylation is 2. The topological polar surface area (TPSA) is 68.3 Å². The second kappa shape index (κ2) is 8.21. The molecule has 142 valence electrons. The lowest BCUT2D eigenvalue weighted by molar-refractivity contribution is 0.337. The number of nitrogens with one attached hydrogen (secondary N) is 1. The molecule has 1 heterocycles. The summed E-state index contributed by atoms with van der Waals surface area (Å²) in [5.74, 6) is 0.697. The highest BCUT2D eigenvalue weighted by atomic mass is 32.2. The van der Waals surface area contributed by atoms with Crippen molar-refractivity contribution < 1.29 is 13.2 Å². The lowest BCUT2D eigenvalue weighted by Crippen LogP contribution is -2.23. The van der Waals surface area contributed by atoms with Gasteiger partial charge in [0.15, 0.2) is 0 Å². The number of ether oxygens (including phenoxy) is 1. The molecule has 0 spiro atoms. The molecule has 3 aromatic rings. The van der Waals surface area contributed by atoms with Gasteiger partial charge in [0.1, 0.15) is 10.8 Å². The molecule has 0 amide bonds. The molecule has 2 aromatic carbocycles. The third-order valence-corrected chi connectivity index (χ3v) is 6.70. The van der Waals surface area contributed by atoms with Gasteiger partial charge < -0.3 is 4.74 Å². The minimum Gasteiger partial charge on any atom is -0.494 e. The van der Waals surface area contributed by atoms with Gasteiger partial charge in [0.2, 0.25) is 10.0 Å². The van der Waals surface area contributed by atoms with Gasteiger partial charge in [-0.2, -0.15) is 0 Å². The average Bonchev–Trinajstić information content (AvgIpc) is 3.03. The van der Waals surface area contributed by atoms with E-state index in [4.69, 9.17) is 4.74 Å². The zero-order valence-electron chi connectivity index (χ0n) is 15.5. The van der Waals surface area contributed by atoms with E-state index >= 15 is 0 Å². The van der Waals surface area contributed by atoms with Gasteiger partial charge in [0, 0.05) is 17.0 Å². The molecule has 0 aliphatic carbocycles. The first kappa shape index (κ1) is 19.5. The van der Waals surface area contributed by atoms with E-state index in [-0.39, 0.29) is 11.4 Å². The Morgan fingerprint density at radius 2 is 1.85 bits per heavy atom. The summed E-state index contributed by atoms with van der Waals surface area (Å²) < 4.78 is 33.4. The molecular formula is C20H22N2O3S2. The first-order chi connectivity index (χ1) is 12.9. The highest BCUT2D eigenvalue weighted by Gasteiger charge is 2.17. The van der Waals surface area contributed by atoms with E-state index < -0.39 is 10.0 Å². The number of aromatic nitrogens is 1. The van der Waals surface area contributed by atoms with Gasteiger partial charge in [-0.1, -0.05) is 30.3 Å². The predicted octanol–water partition coefficient (Wildman–Crippen LogP) is 4.30. The molecule has 0 atom stereocenters. The van der Waals surface area contributed by atoms with Crippen LogP contribution < -0.4 is 9.46 Å². The van der Waals surface area contributed by atoms with Crippen molar-refractivity contribution in [3.05, 3.63) is 64.7 Å². The highest BCUT2D eigenvalue weighted by Crippen LogP contribution is 2.28. The van der Waals surface area contributed by atoms with Crippen molar-refractivity contribution in [3.63, 3.8) is 0 Å². The molecule has 7 heteroatoms. The number of rotatable bonds is 7. The smallest absolute Gasteiger partial charge is 0.240 e. The summed E-state index contributed by atoms with van der Waals surface area (Å²) in [5, 5.41) is 0.888. The fourth-order valence-electron chi connectivity index (χ4n) is 2.65. The second-order valence-corrected chi connectivity index (χ2v) is 8.93. The maximum Gasteiger partial charge on any atom is 0.240 e. The van der Waals surface area contributed by atoms with Gasteiger partial charge in [-0.05, 0) is 44.5 Å². The van der Waals surface area contributed by atoms with Gasteiger partial charge in [-0.15, -0.1) is 11.3 Å². The SMILES string of the molecule is CCOc1ccc(S(=O)(=O)NCc2sc(-c3ccccc3)nc2C)cc1C. The molecule has 27 heavy (non-hydrogen) atoms. The van der Waals surface area contributed by atoms with Crippen LogP contribution in [0.1, 0.15) is 23.1 Å². The van der Waals surface area contributed by atoms with Gasteiger partial charge in [0.05, 0.1) is 17.2 Å². The summed E-state index contributed by atoms with van der Waals surface area (Å²) in [6.45, 7) is 6.38. The largest absolute Gasteiger partial charge is 0.494 e. The molecule has 1 N–H and O–H groups in total. The van der Waals surface area contributed by atoms with E-state index in [1.165, 1.54) is 11.3 Å². The zero-order chi connectivity index (χ0) is 19.4. The predicted molar refractivity (Wildman–Crippen MR) is 109 cm³/mol. The summed E-state index contributed by atoms with van der Waals surface area (Å²) in [5.41, 5.74) is 2.66. The van der Waals surface area contributed by atoms with E-state index in [1.54, 1.807) is 18.2 Å². The summed E-state index contributed by atoms with van der Waals surface area (Å²) >= 11 is 1.50. The van der Waals surface area contributed by atoms with Crippen LogP contribution in [0.5, 0.6) is 5.75 Å². The van der Waals surface area contributed by atoms with Crippen molar-refractivity contribution in [3.8, 4) is 16.3 Å². The molecule has 0 unspecified atom stereocenters. The fraction of sp³-hybridized carbons (Fsp3) is 0.250. The fourth-order valence-corrected chi connectivity index (χ4v) is 4.83. The summed E-state index contributed by atoms with van der Waals surface area (Å²) in [6, 6.07) is 14.8. The molecule has 1 aromatic heterocycles. The Hall–Kier alpha value is -2.22. The molecule has 0 saturated carbocycles. The summed E-state index contributed by atoms with van der Waals surface area (Å²) in [4.78, 5) is 5.70. The Bertz CT molecular complexity index is 1030. The van der Waals surface area contributed by atoms with E-state index in [1.807, 2.05) is 51.1 Å². The Kier molecular flexibility index (Phi) is 5.94. The van der Waals surface area contributed by atoms with Crippen LogP contribution in [-0.2, 0) is 16.6 Å². The van der Waals surface area contributed by atoms with Crippen molar-refractivity contribution in [1.82, 2.24) is 9.71 Å². The Balaban J connectivity index is 1.76. The van der Waals surface area contributed by atoms with Crippen molar-refractivity contribution in [2.75, 3.05) is 6.61 Å². The first-order valence-corrected chi connectivity index (χ1v) is 11.0. The molecule has 0 aliphatic heterocycles. The molecular weight excluding hydrogens is 380 g/mol. The maximum absolute atomic E-state index is 12.6. The third kappa shape index (κ3) is 4.55. The third-order valence-electron chi connectivity index (χ3n) is 4.09. The molecule has 0 bridgehead atoms. The second-order valence-electron chi connectivity index (χ2n) is 6.08. The van der Waals surface area contributed by atoms with Crippen molar-refractivity contribution >= 4 is 21.4 Å². The summed E-state index contributed by atoms with van der Waals surface area (Å²) in [6.07, 6.45) is 0. The van der Waals surface area contributed by atoms with E-state index in [0.29, 0.717) is 12.4 Å². The highest BCUT2D eigenvalue weighted by molar-refractivity contribution is 7.89. The van der Waals surface area contributed by atoms with Crippen LogP contribution in [0.25, 0.3) is 10.6 Å². The van der Waals surface area contributed by atoms with Crippen LogP contribution in [0, 0.1) is 13.8 Å². The molecule has 0 radical (unpaired) electrons. The van der Waals surface area contributed by atoms with E-state index in [2.05, 4.69) is 9.71 Å². The van der Waals surface area contributed by atoms with Gasteiger partial charge in [-0.25, -0.2) is 18.1 Å². The van der Waals surface area contributed by atoms with Crippen LogP contribution in [-0.4, -0.2) is 20.0 Å². The molecule has 0 fully saturated rings. The Labute approximate surface area is 164 Å². The molecule has 0 aliphatic rings. The number of thiazole rings is 1. The zero-order valence-corrected chi connectivity index (χ0v) is 17.2. The van der Waals surface area contributed by atoms with Gasteiger partial charge in [-0.3, -0.25) is 0 Å². The lowest BCUT2D eigenvalue weighted by atomic mass is 10.2. The van der Waals surface area contributed by atoms with Gasteiger partial charge in [0.25, 0.3) is 0 Å². The number of hydrogen-bond acceptors (Lipinski definition) is 5. The number of sulfonamides is 1. The van der Waals surface area contributed by atoms with Crippen LogP contribution >= 0.6 is 11.3 Å². The molecule has 0 saturated heterocycles. The summed E-state index contributed by atoms with van der Waals surface area (Å²) in [7, 11) is -3.61. The monoisotopic (exact) mass is 402 g/mol. The molecule has 5 nitrogen and oxygen atoms in total. The Morgan fingerprint density at radius 3 is 2.52 bits per heavy atom. The first-order valence-electron chi connectivity index (χ1n) is 8.65. The number of hydrogen-bond donors (Lipinski definition) is 1. The van der Waals surface area contributed by atoms with Crippen LogP contribution in [0.3, 0.4) is 0 Å². The van der Waals surface area contributed by atoms with Crippen LogP contribution in [0.15, 0.2) is 53.4 Å². The molecule has 3 rings (SSSR count). The van der Waals surface area contributed by atoms with E-state index in [0.717, 1.165) is 26.7 Å². The normalized spacial score (nSPS) is 11.5. The Morgan fingerprint density at radius 1 is 1.11 bits per heavy atom. The van der Waals surface area contributed by atoms with Gasteiger partial charge >= 0.3 is 0 Å². The minimum absolute atomic E-state index is 0.213. The minimum atomic E-state index is -3.61. The number of benzene rings is 2. The maximum atomic E-state index is 12.6.